The number of hydrogen-bond acceptors (Lipinski definition) is 6. The van der Waals surface area contributed by atoms with Gasteiger partial charge in [-0.15, -0.1) is 11.8 Å². The van der Waals surface area contributed by atoms with E-state index < -0.39 is 5.66 Å². The minimum absolute atomic E-state index is 0.100. The lowest BCUT2D eigenvalue weighted by atomic mass is 9.98. The summed E-state index contributed by atoms with van der Waals surface area (Å²) in [4.78, 5) is 24.8. The van der Waals surface area contributed by atoms with Crippen LogP contribution in [0.15, 0.2) is 58.5 Å². The number of hydrogen-bond donors (Lipinski definition) is 1. The predicted molar refractivity (Wildman–Crippen MR) is 135 cm³/mol. The Labute approximate surface area is 199 Å². The van der Waals surface area contributed by atoms with Crippen molar-refractivity contribution in [2.24, 2.45) is 9.98 Å². The van der Waals surface area contributed by atoms with Crippen molar-refractivity contribution >= 4 is 34.2 Å². The van der Waals surface area contributed by atoms with E-state index in [-0.39, 0.29) is 6.03 Å². The summed E-state index contributed by atoms with van der Waals surface area (Å²) in [6.07, 6.45) is 2.49. The van der Waals surface area contributed by atoms with Gasteiger partial charge < -0.3 is 19.7 Å². The van der Waals surface area contributed by atoms with Gasteiger partial charge in [0, 0.05) is 37.2 Å². The van der Waals surface area contributed by atoms with E-state index in [1.165, 1.54) is 0 Å². The van der Waals surface area contributed by atoms with E-state index >= 15 is 0 Å². The van der Waals surface area contributed by atoms with Crippen molar-refractivity contribution in [3.8, 4) is 11.5 Å². The quantitative estimate of drug-likeness (QED) is 0.645. The average Bonchev–Trinajstić information content (AvgIpc) is 3.21. The summed E-state index contributed by atoms with van der Waals surface area (Å²) in [7, 11) is 3.29. The number of carbonyl (C=O) groups is 1. The summed E-state index contributed by atoms with van der Waals surface area (Å²) in [5.74, 6) is 2.58. The molecule has 0 unspecified atom stereocenters. The number of urea groups is 1. The van der Waals surface area contributed by atoms with Crippen molar-refractivity contribution < 1.29 is 14.3 Å². The number of methoxy groups -OCH3 is 2. The average molecular weight is 467 g/mol. The van der Waals surface area contributed by atoms with E-state index in [0.717, 1.165) is 45.7 Å². The van der Waals surface area contributed by atoms with Crippen molar-refractivity contribution in [2.75, 3.05) is 38.4 Å². The van der Waals surface area contributed by atoms with Crippen LogP contribution in [-0.4, -0.2) is 60.4 Å². The number of piperidine rings is 1. The fourth-order valence-corrected chi connectivity index (χ4v) is 4.86. The van der Waals surface area contributed by atoms with E-state index in [1.807, 2.05) is 53.4 Å². The molecule has 2 aliphatic rings. The van der Waals surface area contributed by atoms with Crippen LogP contribution in [0.4, 0.5) is 10.5 Å². The predicted octanol–water partition coefficient (Wildman–Crippen LogP) is 5.07. The molecule has 1 N–H and O–H groups in total. The summed E-state index contributed by atoms with van der Waals surface area (Å²) in [5.41, 5.74) is 2.27. The standard InChI is InChI=1S/C25H30N4O3S/c1-4-17-33-23-22(18-5-9-20(31-2)10-6-18)27-25(28-23)13-15-29(16-14-25)24(30)26-19-7-11-21(32-3)12-8-19/h5-12H,4,13-17H2,1-3H3,(H,26,30). The van der Waals surface area contributed by atoms with Crippen LogP contribution in [0.2, 0.25) is 0 Å². The largest absolute Gasteiger partial charge is 0.497 e. The first-order valence-corrected chi connectivity index (χ1v) is 12.2. The molecule has 2 aliphatic heterocycles. The Kier molecular flexibility index (Phi) is 7.23. The molecule has 2 amide bonds. The van der Waals surface area contributed by atoms with Crippen LogP contribution in [0.1, 0.15) is 31.7 Å². The number of aliphatic imine (C=N–C) groups is 2. The molecule has 2 aromatic rings. The monoisotopic (exact) mass is 466 g/mol. The number of nitrogens with zero attached hydrogens (tertiary/aromatic N) is 3. The number of carbonyl (C=O) groups excluding carboxylic acids is 1. The molecular formula is C25H30N4O3S. The maximum absolute atomic E-state index is 12.8. The molecule has 4 rings (SSSR count). The second kappa shape index (κ2) is 10.3. The summed E-state index contributed by atoms with van der Waals surface area (Å²) >= 11 is 1.76. The first-order valence-electron chi connectivity index (χ1n) is 11.2. The van der Waals surface area contributed by atoms with E-state index in [4.69, 9.17) is 19.5 Å². The number of rotatable bonds is 6. The van der Waals surface area contributed by atoms with Crippen LogP contribution in [-0.2, 0) is 0 Å². The fourth-order valence-electron chi connectivity index (χ4n) is 3.93. The second-order valence-electron chi connectivity index (χ2n) is 8.08. The Bertz CT molecular complexity index is 1030. The molecular weight excluding hydrogens is 436 g/mol. The Hall–Kier alpha value is -3.00. The van der Waals surface area contributed by atoms with Crippen LogP contribution in [0.3, 0.4) is 0 Å². The van der Waals surface area contributed by atoms with Gasteiger partial charge in [-0.3, -0.25) is 4.99 Å². The highest BCUT2D eigenvalue weighted by Crippen LogP contribution is 2.36. The Balaban J connectivity index is 1.45. The third kappa shape index (κ3) is 5.33. The molecule has 174 valence electrons. The van der Waals surface area contributed by atoms with Gasteiger partial charge in [0.25, 0.3) is 0 Å². The smallest absolute Gasteiger partial charge is 0.321 e. The number of nitrogens with one attached hydrogen (secondary N) is 1. The third-order valence-electron chi connectivity index (χ3n) is 5.83. The number of anilines is 1. The Morgan fingerprint density at radius 3 is 2.18 bits per heavy atom. The SMILES string of the molecule is CCCSC1=NC2(CCN(C(=O)Nc3ccc(OC)cc3)CC2)N=C1c1ccc(OC)cc1. The zero-order valence-electron chi connectivity index (χ0n) is 19.3. The lowest BCUT2D eigenvalue weighted by molar-refractivity contribution is 0.175. The van der Waals surface area contributed by atoms with Crippen molar-refractivity contribution in [1.29, 1.82) is 0 Å². The van der Waals surface area contributed by atoms with Gasteiger partial charge in [-0.2, -0.15) is 0 Å². The molecule has 2 aromatic carbocycles. The number of benzene rings is 2. The van der Waals surface area contributed by atoms with Crippen LogP contribution in [0.25, 0.3) is 0 Å². The van der Waals surface area contributed by atoms with Crippen molar-refractivity contribution in [2.45, 2.75) is 31.8 Å². The second-order valence-corrected chi connectivity index (χ2v) is 9.17. The fraction of sp³-hybridized carbons (Fsp3) is 0.400. The van der Waals surface area contributed by atoms with E-state index in [1.54, 1.807) is 26.0 Å². The van der Waals surface area contributed by atoms with Crippen LogP contribution < -0.4 is 14.8 Å². The summed E-state index contributed by atoms with van der Waals surface area (Å²) in [6.45, 7) is 3.38. The summed E-state index contributed by atoms with van der Waals surface area (Å²) in [5, 5.41) is 3.97. The summed E-state index contributed by atoms with van der Waals surface area (Å²) < 4.78 is 10.5. The molecule has 1 saturated heterocycles. The van der Waals surface area contributed by atoms with Gasteiger partial charge in [-0.25, -0.2) is 9.79 Å². The third-order valence-corrected chi connectivity index (χ3v) is 7.00. The van der Waals surface area contributed by atoms with Gasteiger partial charge in [0.15, 0.2) is 5.66 Å². The first kappa shape index (κ1) is 23.2. The molecule has 1 fully saturated rings. The van der Waals surface area contributed by atoms with Crippen LogP contribution in [0, 0.1) is 0 Å². The maximum atomic E-state index is 12.8. The van der Waals surface area contributed by atoms with E-state index in [9.17, 15) is 4.79 Å². The maximum Gasteiger partial charge on any atom is 0.321 e. The zero-order valence-corrected chi connectivity index (χ0v) is 20.2. The molecule has 7 nitrogen and oxygen atoms in total. The molecule has 0 aliphatic carbocycles. The molecule has 0 atom stereocenters. The lowest BCUT2D eigenvalue weighted by Gasteiger charge is -2.35. The molecule has 0 bridgehead atoms. The Morgan fingerprint density at radius 1 is 1.00 bits per heavy atom. The number of likely N-dealkylation sites (tertiary alicyclic amines) is 1. The molecule has 8 heteroatoms. The molecule has 0 radical (unpaired) electrons. The van der Waals surface area contributed by atoms with Gasteiger partial charge in [0.1, 0.15) is 16.5 Å². The van der Waals surface area contributed by atoms with Gasteiger partial charge in [0.2, 0.25) is 0 Å². The minimum atomic E-state index is -0.484. The summed E-state index contributed by atoms with van der Waals surface area (Å²) in [6, 6.07) is 15.2. The molecule has 0 aromatic heterocycles. The number of thioether (sulfide) groups is 1. The molecule has 1 spiro atoms. The van der Waals surface area contributed by atoms with Crippen LogP contribution in [0.5, 0.6) is 11.5 Å². The number of ether oxygens (including phenoxy) is 2. The zero-order chi connectivity index (χ0) is 23.3. The molecule has 2 heterocycles. The molecule has 0 saturated carbocycles. The minimum Gasteiger partial charge on any atom is -0.497 e. The lowest BCUT2D eigenvalue weighted by Crippen LogP contribution is -2.46. The first-order chi connectivity index (χ1) is 16.1. The van der Waals surface area contributed by atoms with Gasteiger partial charge in [0.05, 0.1) is 19.9 Å². The van der Waals surface area contributed by atoms with Crippen molar-refractivity contribution in [3.05, 3.63) is 54.1 Å². The van der Waals surface area contributed by atoms with Gasteiger partial charge in [-0.1, -0.05) is 6.92 Å². The highest BCUT2D eigenvalue weighted by molar-refractivity contribution is 8.15. The van der Waals surface area contributed by atoms with E-state index in [0.29, 0.717) is 25.9 Å². The normalized spacial score (nSPS) is 16.9. The van der Waals surface area contributed by atoms with E-state index in [2.05, 4.69) is 12.2 Å². The van der Waals surface area contributed by atoms with Crippen molar-refractivity contribution in [1.82, 2.24) is 4.90 Å². The highest BCUT2D eigenvalue weighted by atomic mass is 32.2. The molecule has 33 heavy (non-hydrogen) atoms. The Morgan fingerprint density at radius 2 is 1.61 bits per heavy atom. The van der Waals surface area contributed by atoms with Gasteiger partial charge in [-0.05, 0) is 60.7 Å². The van der Waals surface area contributed by atoms with Crippen LogP contribution >= 0.6 is 11.8 Å². The number of amides is 2. The van der Waals surface area contributed by atoms with Gasteiger partial charge >= 0.3 is 6.03 Å². The van der Waals surface area contributed by atoms with Crippen molar-refractivity contribution in [3.63, 3.8) is 0 Å². The highest BCUT2D eigenvalue weighted by Gasteiger charge is 2.40. The topological polar surface area (TPSA) is 75.5 Å².